The monoisotopic (exact) mass is 222 g/mol. The van der Waals surface area contributed by atoms with E-state index in [-0.39, 0.29) is 0 Å². The number of hydrogen-bond acceptors (Lipinski definition) is 5. The van der Waals surface area contributed by atoms with Gasteiger partial charge in [-0.2, -0.15) is 10.3 Å². The van der Waals surface area contributed by atoms with Crippen molar-refractivity contribution < 1.29 is 4.74 Å². The third-order valence-electron chi connectivity index (χ3n) is 1.48. The molecule has 1 aromatic carbocycles. The molecule has 1 rings (SSSR count). The van der Waals surface area contributed by atoms with E-state index in [1.54, 1.807) is 25.3 Å². The van der Waals surface area contributed by atoms with Crippen molar-refractivity contribution >= 4 is 34.8 Å². The molecule has 0 N–H and O–H groups in total. The lowest BCUT2D eigenvalue weighted by atomic mass is 10.3. The Balaban J connectivity index is 3.12. The van der Waals surface area contributed by atoms with Gasteiger partial charge in [-0.05, 0) is 42.2 Å². The Hall–Kier alpha value is -1.34. The highest BCUT2D eigenvalue weighted by atomic mass is 32.2. The van der Waals surface area contributed by atoms with Gasteiger partial charge in [0.05, 0.1) is 12.3 Å². The van der Waals surface area contributed by atoms with Gasteiger partial charge in [0.25, 0.3) is 0 Å². The fourth-order valence-electron chi connectivity index (χ4n) is 0.916. The van der Waals surface area contributed by atoms with E-state index >= 15 is 0 Å². The first-order chi connectivity index (χ1) is 6.81. The summed E-state index contributed by atoms with van der Waals surface area (Å²) in [6.45, 7) is 0. The van der Waals surface area contributed by atoms with Crippen LogP contribution in [0, 0.1) is 10.7 Å². The Bertz CT molecular complexity index is 419. The molecule has 0 amide bonds. The quantitative estimate of drug-likeness (QED) is 0.341. The fourth-order valence-corrected chi connectivity index (χ4v) is 1.42. The minimum atomic E-state index is 0.586. The van der Waals surface area contributed by atoms with E-state index in [9.17, 15) is 0 Å². The second-order valence-corrected chi connectivity index (χ2v) is 3.27. The highest BCUT2D eigenvalue weighted by Crippen LogP contribution is 2.31. The number of methoxy groups -OCH3 is 1. The SMILES string of the molecule is COc1cc(SC#N)ccc1N=C=S. The number of benzene rings is 1. The predicted octanol–water partition coefficient (Wildman–Crippen LogP) is 3.00. The smallest absolute Gasteiger partial charge is 0.146 e. The summed E-state index contributed by atoms with van der Waals surface area (Å²) in [6.07, 6.45) is 0. The summed E-state index contributed by atoms with van der Waals surface area (Å²) in [4.78, 5) is 4.64. The molecule has 3 nitrogen and oxygen atoms in total. The molecule has 0 aliphatic heterocycles. The van der Waals surface area contributed by atoms with Crippen molar-refractivity contribution in [2.24, 2.45) is 4.99 Å². The number of rotatable bonds is 3. The van der Waals surface area contributed by atoms with Crippen LogP contribution in [0.25, 0.3) is 0 Å². The zero-order valence-corrected chi connectivity index (χ0v) is 8.98. The van der Waals surface area contributed by atoms with Crippen molar-refractivity contribution in [1.29, 1.82) is 5.26 Å². The number of thioether (sulfide) groups is 1. The van der Waals surface area contributed by atoms with Gasteiger partial charge in [0.15, 0.2) is 0 Å². The Morgan fingerprint density at radius 2 is 2.36 bits per heavy atom. The maximum Gasteiger partial charge on any atom is 0.146 e. The molecule has 0 saturated heterocycles. The lowest BCUT2D eigenvalue weighted by Crippen LogP contribution is -1.83. The first-order valence-corrected chi connectivity index (χ1v) is 4.86. The highest BCUT2D eigenvalue weighted by molar-refractivity contribution is 8.03. The summed E-state index contributed by atoms with van der Waals surface area (Å²) in [6, 6.07) is 5.25. The fraction of sp³-hybridized carbons (Fsp3) is 0.111. The standard InChI is InChI=1S/C9H6N2OS2/c1-12-9-4-7(14-5-10)2-3-8(9)11-6-13/h2-4H,1H3. The van der Waals surface area contributed by atoms with E-state index in [2.05, 4.69) is 22.4 Å². The third-order valence-corrected chi connectivity index (χ3v) is 2.15. The summed E-state index contributed by atoms with van der Waals surface area (Å²) in [5, 5.41) is 12.7. The lowest BCUT2D eigenvalue weighted by molar-refractivity contribution is 0.415. The summed E-state index contributed by atoms with van der Waals surface area (Å²) in [7, 11) is 1.54. The first-order valence-electron chi connectivity index (χ1n) is 3.63. The molecule has 14 heavy (non-hydrogen) atoms. The summed E-state index contributed by atoms with van der Waals surface area (Å²) in [5.74, 6) is 0.586. The van der Waals surface area contributed by atoms with Gasteiger partial charge in [-0.3, -0.25) is 0 Å². The van der Waals surface area contributed by atoms with Crippen LogP contribution in [0.5, 0.6) is 5.75 Å². The molecule has 1 aromatic rings. The van der Waals surface area contributed by atoms with Crippen LogP contribution >= 0.6 is 24.0 Å². The van der Waals surface area contributed by atoms with Crippen LogP contribution in [0.4, 0.5) is 5.69 Å². The van der Waals surface area contributed by atoms with E-state index in [4.69, 9.17) is 10.00 Å². The number of hydrogen-bond donors (Lipinski definition) is 0. The van der Waals surface area contributed by atoms with Gasteiger partial charge in [0.1, 0.15) is 16.8 Å². The van der Waals surface area contributed by atoms with Crippen LogP contribution in [0.1, 0.15) is 0 Å². The van der Waals surface area contributed by atoms with Crippen molar-refractivity contribution in [2.45, 2.75) is 4.90 Å². The Morgan fingerprint density at radius 3 is 2.93 bits per heavy atom. The molecule has 0 spiro atoms. The van der Waals surface area contributed by atoms with E-state index in [1.807, 2.05) is 5.40 Å². The molecule has 0 radical (unpaired) electrons. The van der Waals surface area contributed by atoms with Crippen molar-refractivity contribution in [3.63, 3.8) is 0 Å². The molecule has 0 heterocycles. The van der Waals surface area contributed by atoms with Crippen LogP contribution in [0.2, 0.25) is 0 Å². The number of ether oxygens (including phenoxy) is 1. The summed E-state index contributed by atoms with van der Waals surface area (Å²) in [5.41, 5.74) is 0.616. The number of nitriles is 1. The normalized spacial score (nSPS) is 8.57. The zero-order valence-electron chi connectivity index (χ0n) is 7.35. The summed E-state index contributed by atoms with van der Waals surface area (Å²) >= 11 is 5.56. The summed E-state index contributed by atoms with van der Waals surface area (Å²) < 4.78 is 5.08. The molecule has 0 saturated carbocycles. The minimum absolute atomic E-state index is 0.586. The molecule has 70 valence electrons. The molecule has 5 heteroatoms. The maximum atomic E-state index is 8.48. The number of isothiocyanates is 1. The predicted molar refractivity (Wildman–Crippen MR) is 59.2 cm³/mol. The topological polar surface area (TPSA) is 45.4 Å². The van der Waals surface area contributed by atoms with Crippen molar-refractivity contribution in [3.8, 4) is 11.2 Å². The van der Waals surface area contributed by atoms with E-state index in [0.717, 1.165) is 16.7 Å². The molecule has 0 unspecified atom stereocenters. The van der Waals surface area contributed by atoms with Crippen molar-refractivity contribution in [1.82, 2.24) is 0 Å². The average Bonchev–Trinajstić information content (AvgIpc) is 2.21. The molecule has 0 fully saturated rings. The molecular weight excluding hydrogens is 216 g/mol. The van der Waals surface area contributed by atoms with Gasteiger partial charge >= 0.3 is 0 Å². The Kier molecular flexibility index (Phi) is 4.14. The number of thiocyanates is 1. The van der Waals surface area contributed by atoms with Crippen LogP contribution in [-0.4, -0.2) is 12.3 Å². The van der Waals surface area contributed by atoms with Gasteiger partial charge in [-0.1, -0.05) is 0 Å². The van der Waals surface area contributed by atoms with E-state index in [0.29, 0.717) is 11.4 Å². The lowest BCUT2D eigenvalue weighted by Gasteiger charge is -2.03. The first kappa shape index (κ1) is 10.7. The minimum Gasteiger partial charge on any atom is -0.494 e. The van der Waals surface area contributed by atoms with Crippen LogP contribution in [0.3, 0.4) is 0 Å². The molecular formula is C9H6N2OS2. The Labute approximate surface area is 91.4 Å². The van der Waals surface area contributed by atoms with E-state index in [1.165, 1.54) is 0 Å². The highest BCUT2D eigenvalue weighted by Gasteiger charge is 2.02. The molecule has 0 bridgehead atoms. The van der Waals surface area contributed by atoms with Gasteiger partial charge in [-0.15, -0.1) is 0 Å². The molecule has 0 aliphatic rings. The van der Waals surface area contributed by atoms with Gasteiger partial charge in [0.2, 0.25) is 0 Å². The van der Waals surface area contributed by atoms with Crippen LogP contribution in [-0.2, 0) is 0 Å². The largest absolute Gasteiger partial charge is 0.494 e. The van der Waals surface area contributed by atoms with Crippen LogP contribution in [0.15, 0.2) is 28.1 Å². The number of nitrogens with zero attached hydrogens (tertiary/aromatic N) is 2. The average molecular weight is 222 g/mol. The second-order valence-electron chi connectivity index (χ2n) is 2.23. The maximum absolute atomic E-state index is 8.48. The molecule has 0 aromatic heterocycles. The van der Waals surface area contributed by atoms with Gasteiger partial charge < -0.3 is 4.74 Å². The zero-order chi connectivity index (χ0) is 10.4. The number of aliphatic imine (C=N–C) groups is 1. The van der Waals surface area contributed by atoms with E-state index < -0.39 is 0 Å². The third kappa shape index (κ3) is 2.57. The second kappa shape index (κ2) is 5.40. The van der Waals surface area contributed by atoms with Crippen molar-refractivity contribution in [3.05, 3.63) is 18.2 Å². The molecule has 0 aliphatic carbocycles. The molecule has 0 atom stereocenters. The number of thiocarbonyl (C=S) groups is 1. The Morgan fingerprint density at radius 1 is 1.57 bits per heavy atom. The van der Waals surface area contributed by atoms with Crippen molar-refractivity contribution in [2.75, 3.05) is 7.11 Å². The van der Waals surface area contributed by atoms with Gasteiger partial charge in [-0.25, -0.2) is 0 Å². The van der Waals surface area contributed by atoms with Crippen LogP contribution < -0.4 is 4.74 Å². The van der Waals surface area contributed by atoms with Gasteiger partial charge in [0, 0.05) is 4.90 Å².